The maximum atomic E-state index is 13.1. The van der Waals surface area contributed by atoms with Crippen molar-refractivity contribution in [1.82, 2.24) is 14.9 Å². The summed E-state index contributed by atoms with van der Waals surface area (Å²) in [6.45, 7) is 4.03. The second kappa shape index (κ2) is 12.7. The number of nitrogens with zero attached hydrogens (tertiary/aromatic N) is 4. The molecule has 12 heteroatoms. The third-order valence-electron chi connectivity index (χ3n) is 5.47. The van der Waals surface area contributed by atoms with E-state index in [0.717, 1.165) is 11.3 Å². The molecule has 0 spiro atoms. The SMILES string of the molecule is CCCNc1nc(Nc2cccc(C#N)c2)ncc1C(=O)Nc1cccc(NC(=O)C(C)N(C)C(=O)O)c1. The third-order valence-corrected chi connectivity index (χ3v) is 5.47. The fraction of sp³-hybridized carbons (Fsp3) is 0.231. The largest absolute Gasteiger partial charge is 0.465 e. The van der Waals surface area contributed by atoms with Gasteiger partial charge in [-0.05, 0) is 49.7 Å². The van der Waals surface area contributed by atoms with Gasteiger partial charge in [0.1, 0.15) is 17.4 Å². The highest BCUT2D eigenvalue weighted by atomic mass is 16.4. The molecule has 0 saturated carbocycles. The quantitative estimate of drug-likeness (QED) is 0.266. The number of carboxylic acid groups (broad SMARTS) is 1. The van der Waals surface area contributed by atoms with Gasteiger partial charge in [-0.2, -0.15) is 10.2 Å². The normalized spacial score (nSPS) is 11.0. The minimum Gasteiger partial charge on any atom is -0.465 e. The lowest BCUT2D eigenvalue weighted by Gasteiger charge is -2.21. The number of hydrogen-bond donors (Lipinski definition) is 5. The first-order chi connectivity index (χ1) is 18.2. The van der Waals surface area contributed by atoms with E-state index in [1.165, 1.54) is 20.2 Å². The van der Waals surface area contributed by atoms with Crippen molar-refractivity contribution in [1.29, 1.82) is 5.26 Å². The molecule has 0 fully saturated rings. The van der Waals surface area contributed by atoms with Crippen LogP contribution in [0.1, 0.15) is 36.2 Å². The molecule has 0 bridgehead atoms. The Morgan fingerprint density at radius 1 is 1.08 bits per heavy atom. The number of carbonyl (C=O) groups excluding carboxylic acids is 2. The monoisotopic (exact) mass is 516 g/mol. The molecule has 3 rings (SSSR count). The van der Waals surface area contributed by atoms with Crippen LogP contribution in [0.4, 0.5) is 33.6 Å². The molecule has 0 radical (unpaired) electrons. The number of likely N-dealkylation sites (N-methyl/N-ethyl adjacent to an activating group) is 1. The van der Waals surface area contributed by atoms with Gasteiger partial charge in [-0.3, -0.25) is 14.5 Å². The summed E-state index contributed by atoms with van der Waals surface area (Å²) in [6.07, 6.45) is 0.974. The first-order valence-corrected chi connectivity index (χ1v) is 11.8. The molecule has 2 aromatic carbocycles. The van der Waals surface area contributed by atoms with Gasteiger partial charge in [0.05, 0.1) is 11.6 Å². The summed E-state index contributed by atoms with van der Waals surface area (Å²) in [4.78, 5) is 46.2. The Kier molecular flexibility index (Phi) is 9.15. The summed E-state index contributed by atoms with van der Waals surface area (Å²) < 4.78 is 0. The van der Waals surface area contributed by atoms with Crippen LogP contribution in [0.15, 0.2) is 54.7 Å². The first kappa shape index (κ1) is 27.4. The summed E-state index contributed by atoms with van der Waals surface area (Å²) in [5.41, 5.74) is 2.12. The van der Waals surface area contributed by atoms with Crippen LogP contribution in [0.5, 0.6) is 0 Å². The molecule has 38 heavy (non-hydrogen) atoms. The third kappa shape index (κ3) is 7.17. The molecular formula is C26H28N8O4. The van der Waals surface area contributed by atoms with Crippen LogP contribution in [0, 0.1) is 11.3 Å². The van der Waals surface area contributed by atoms with E-state index in [4.69, 9.17) is 10.4 Å². The average molecular weight is 517 g/mol. The summed E-state index contributed by atoms with van der Waals surface area (Å²) in [6, 6.07) is 14.5. The minimum absolute atomic E-state index is 0.209. The van der Waals surface area contributed by atoms with Gasteiger partial charge < -0.3 is 26.4 Å². The summed E-state index contributed by atoms with van der Waals surface area (Å²) in [5, 5.41) is 29.8. The molecule has 0 aliphatic heterocycles. The van der Waals surface area contributed by atoms with Crippen LogP contribution < -0.4 is 21.3 Å². The van der Waals surface area contributed by atoms with Crippen LogP contribution in [0.3, 0.4) is 0 Å². The van der Waals surface area contributed by atoms with E-state index in [2.05, 4.69) is 37.3 Å². The Bertz CT molecular complexity index is 1370. The highest BCUT2D eigenvalue weighted by Gasteiger charge is 2.22. The lowest BCUT2D eigenvalue weighted by atomic mass is 10.2. The average Bonchev–Trinajstić information content (AvgIpc) is 2.91. The maximum Gasteiger partial charge on any atom is 0.407 e. The molecule has 0 aliphatic carbocycles. The lowest BCUT2D eigenvalue weighted by molar-refractivity contribution is -0.119. The number of hydrogen-bond acceptors (Lipinski definition) is 8. The molecule has 0 aliphatic rings. The number of benzene rings is 2. The van der Waals surface area contributed by atoms with Crippen molar-refractivity contribution < 1.29 is 19.5 Å². The second-order valence-corrected chi connectivity index (χ2v) is 8.29. The molecule has 0 saturated heterocycles. The van der Waals surface area contributed by atoms with Crippen molar-refractivity contribution in [3.8, 4) is 6.07 Å². The van der Waals surface area contributed by atoms with Gasteiger partial charge in [0.25, 0.3) is 5.91 Å². The van der Waals surface area contributed by atoms with E-state index in [9.17, 15) is 14.4 Å². The summed E-state index contributed by atoms with van der Waals surface area (Å²) in [5.74, 6) is -0.404. The Labute approximate surface area is 219 Å². The zero-order valence-electron chi connectivity index (χ0n) is 21.1. The fourth-order valence-corrected chi connectivity index (χ4v) is 3.24. The fourth-order valence-electron chi connectivity index (χ4n) is 3.24. The number of nitriles is 1. The number of carbonyl (C=O) groups is 3. The molecule has 3 aromatic rings. The van der Waals surface area contributed by atoms with Crippen molar-refractivity contribution in [2.45, 2.75) is 26.3 Å². The topological polar surface area (TPSA) is 172 Å². The summed E-state index contributed by atoms with van der Waals surface area (Å²) >= 11 is 0. The zero-order chi connectivity index (χ0) is 27.7. The smallest absolute Gasteiger partial charge is 0.407 e. The number of anilines is 5. The molecule has 3 amide bonds. The minimum atomic E-state index is -1.22. The highest BCUT2D eigenvalue weighted by Crippen LogP contribution is 2.21. The van der Waals surface area contributed by atoms with Crippen molar-refractivity contribution in [2.75, 3.05) is 34.9 Å². The second-order valence-electron chi connectivity index (χ2n) is 8.29. The van der Waals surface area contributed by atoms with Gasteiger partial charge in [-0.15, -0.1) is 0 Å². The predicted molar refractivity (Wildman–Crippen MR) is 144 cm³/mol. The molecule has 1 aromatic heterocycles. The molecule has 1 unspecified atom stereocenters. The molecular weight excluding hydrogens is 488 g/mol. The van der Waals surface area contributed by atoms with E-state index in [1.54, 1.807) is 48.5 Å². The molecule has 196 valence electrons. The standard InChI is InChI=1S/C26H28N8O4/c1-4-11-28-22-21(15-29-25(33-22)32-18-8-5-7-17(12-18)14-27)24(36)31-20-10-6-9-19(13-20)30-23(35)16(2)34(3)26(37)38/h5-10,12-13,15-16H,4,11H2,1-3H3,(H,30,35)(H,31,36)(H,37,38)(H2,28,29,32,33). The van der Waals surface area contributed by atoms with Crippen molar-refractivity contribution >= 4 is 46.7 Å². The predicted octanol–water partition coefficient (Wildman–Crippen LogP) is 4.10. The first-order valence-electron chi connectivity index (χ1n) is 11.8. The Hall–Kier alpha value is -5.18. The van der Waals surface area contributed by atoms with E-state index in [0.29, 0.717) is 35.0 Å². The van der Waals surface area contributed by atoms with Crippen LogP contribution in [-0.4, -0.2) is 57.5 Å². The number of nitrogens with one attached hydrogen (secondary N) is 4. The van der Waals surface area contributed by atoms with Gasteiger partial charge in [0.2, 0.25) is 11.9 Å². The number of rotatable bonds is 10. The van der Waals surface area contributed by atoms with E-state index in [-0.39, 0.29) is 11.5 Å². The van der Waals surface area contributed by atoms with Gasteiger partial charge in [-0.1, -0.05) is 19.1 Å². The van der Waals surface area contributed by atoms with Crippen molar-refractivity contribution in [3.05, 3.63) is 65.9 Å². The van der Waals surface area contributed by atoms with Gasteiger partial charge in [-0.25, -0.2) is 9.78 Å². The zero-order valence-corrected chi connectivity index (χ0v) is 21.1. The Morgan fingerprint density at radius 2 is 1.76 bits per heavy atom. The van der Waals surface area contributed by atoms with Crippen LogP contribution in [-0.2, 0) is 4.79 Å². The number of amides is 3. The van der Waals surface area contributed by atoms with Crippen LogP contribution in [0.2, 0.25) is 0 Å². The van der Waals surface area contributed by atoms with Crippen LogP contribution in [0.25, 0.3) is 0 Å². The molecule has 1 heterocycles. The molecule has 5 N–H and O–H groups in total. The highest BCUT2D eigenvalue weighted by molar-refractivity contribution is 6.07. The van der Waals surface area contributed by atoms with Crippen molar-refractivity contribution in [2.24, 2.45) is 0 Å². The van der Waals surface area contributed by atoms with E-state index >= 15 is 0 Å². The molecule has 12 nitrogen and oxygen atoms in total. The van der Waals surface area contributed by atoms with Gasteiger partial charge >= 0.3 is 6.09 Å². The van der Waals surface area contributed by atoms with Gasteiger partial charge in [0, 0.05) is 36.9 Å². The maximum absolute atomic E-state index is 13.1. The summed E-state index contributed by atoms with van der Waals surface area (Å²) in [7, 11) is 1.31. The van der Waals surface area contributed by atoms with E-state index in [1.807, 2.05) is 6.92 Å². The van der Waals surface area contributed by atoms with E-state index < -0.39 is 23.9 Å². The Morgan fingerprint density at radius 3 is 2.45 bits per heavy atom. The lowest BCUT2D eigenvalue weighted by Crippen LogP contribution is -2.42. The van der Waals surface area contributed by atoms with Gasteiger partial charge in [0.15, 0.2) is 0 Å². The van der Waals surface area contributed by atoms with Crippen LogP contribution >= 0.6 is 0 Å². The molecule has 1 atom stereocenters. The van der Waals surface area contributed by atoms with Crippen molar-refractivity contribution in [3.63, 3.8) is 0 Å². The number of aromatic nitrogens is 2. The Balaban J connectivity index is 1.76.